The number of aryl methyl sites for hydroxylation is 1. The van der Waals surface area contributed by atoms with Gasteiger partial charge in [-0.05, 0) is 25.5 Å². The molecule has 0 aromatic carbocycles. The molecule has 0 aliphatic heterocycles. The van der Waals surface area contributed by atoms with Crippen LogP contribution in [0.1, 0.15) is 33.5 Å². The van der Waals surface area contributed by atoms with E-state index in [4.69, 9.17) is 4.74 Å². The summed E-state index contributed by atoms with van der Waals surface area (Å²) in [6.45, 7) is 3.86. The number of imidazole rings is 1. The van der Waals surface area contributed by atoms with Crippen molar-refractivity contribution < 1.29 is 14.3 Å². The lowest BCUT2D eigenvalue weighted by atomic mass is 10.3. The molecule has 0 atom stereocenters. The molecule has 0 radical (unpaired) electrons. The molecule has 0 aliphatic carbocycles. The molecule has 0 N–H and O–H groups in total. The molecule has 17 heavy (non-hydrogen) atoms. The van der Waals surface area contributed by atoms with E-state index >= 15 is 0 Å². The minimum Gasteiger partial charge on any atom is -0.461 e. The van der Waals surface area contributed by atoms with Crippen LogP contribution >= 0.6 is 0 Å². The van der Waals surface area contributed by atoms with Gasteiger partial charge in [0.05, 0.1) is 6.61 Å². The molecule has 0 bridgehead atoms. The number of hydrogen-bond donors (Lipinski definition) is 0. The summed E-state index contributed by atoms with van der Waals surface area (Å²) in [6.07, 6.45) is 2.38. The predicted molar refractivity (Wildman–Crippen MR) is 61.3 cm³/mol. The van der Waals surface area contributed by atoms with E-state index in [0.717, 1.165) is 5.56 Å². The van der Waals surface area contributed by atoms with Crippen molar-refractivity contribution in [2.45, 2.75) is 13.8 Å². The number of nitrogens with zero attached hydrogens (tertiary/aromatic N) is 2. The molecule has 0 spiro atoms. The minimum atomic E-state index is -0.573. The van der Waals surface area contributed by atoms with Gasteiger partial charge in [0.2, 0.25) is 0 Å². The smallest absolute Gasteiger partial charge is 0.359 e. The van der Waals surface area contributed by atoms with Gasteiger partial charge in [0.25, 0.3) is 0 Å². The minimum absolute atomic E-state index is 0.0625. The Morgan fingerprint density at radius 1 is 1.53 bits per heavy atom. The maximum Gasteiger partial charge on any atom is 0.359 e. The second kappa shape index (κ2) is 4.37. The first-order valence-corrected chi connectivity index (χ1v) is 5.28. The van der Waals surface area contributed by atoms with E-state index < -0.39 is 5.97 Å². The maximum atomic E-state index is 11.6. The largest absolute Gasteiger partial charge is 0.461 e. The van der Waals surface area contributed by atoms with Crippen LogP contribution in [0, 0.1) is 6.92 Å². The zero-order valence-electron chi connectivity index (χ0n) is 9.64. The molecule has 0 unspecified atom stereocenters. The van der Waals surface area contributed by atoms with Crippen molar-refractivity contribution >= 4 is 17.9 Å². The van der Waals surface area contributed by atoms with Crippen LogP contribution in [0.2, 0.25) is 0 Å². The van der Waals surface area contributed by atoms with Gasteiger partial charge in [-0.15, -0.1) is 0 Å². The zero-order chi connectivity index (χ0) is 12.4. The number of rotatable bonds is 3. The standard InChI is InChI=1S/C12H12N2O3/c1-3-17-12(16)11-9(7-15)14-6-8(2)4-5-10(14)13-11/h4-7H,3H2,1-2H3. The first kappa shape index (κ1) is 11.3. The van der Waals surface area contributed by atoms with Crippen molar-refractivity contribution in [3.05, 3.63) is 35.3 Å². The summed E-state index contributed by atoms with van der Waals surface area (Å²) in [5.74, 6) is -0.573. The summed E-state index contributed by atoms with van der Waals surface area (Å²) >= 11 is 0. The van der Waals surface area contributed by atoms with E-state index in [0.29, 0.717) is 11.9 Å². The zero-order valence-corrected chi connectivity index (χ0v) is 9.64. The number of carbonyl (C=O) groups is 2. The summed E-state index contributed by atoms with van der Waals surface area (Å²) in [4.78, 5) is 26.8. The van der Waals surface area contributed by atoms with Crippen LogP contribution in [0.4, 0.5) is 0 Å². The molecule has 0 saturated heterocycles. The molecule has 5 heteroatoms. The molecule has 2 aromatic rings. The molecule has 0 aliphatic rings. The van der Waals surface area contributed by atoms with Crippen LogP contribution in [0.5, 0.6) is 0 Å². The summed E-state index contributed by atoms with van der Waals surface area (Å²) in [5.41, 5.74) is 1.82. The van der Waals surface area contributed by atoms with E-state index in [2.05, 4.69) is 4.98 Å². The van der Waals surface area contributed by atoms with Crippen molar-refractivity contribution in [1.82, 2.24) is 9.38 Å². The number of esters is 1. The molecular weight excluding hydrogens is 220 g/mol. The first-order valence-electron chi connectivity index (χ1n) is 5.28. The van der Waals surface area contributed by atoms with Crippen LogP contribution in [-0.2, 0) is 4.74 Å². The Labute approximate surface area is 98.0 Å². The SMILES string of the molecule is CCOC(=O)c1nc2ccc(C)cn2c1C=O. The highest BCUT2D eigenvalue weighted by molar-refractivity contribution is 5.96. The Morgan fingerprint density at radius 2 is 2.29 bits per heavy atom. The van der Waals surface area contributed by atoms with Gasteiger partial charge in [0, 0.05) is 6.20 Å². The normalized spacial score (nSPS) is 10.5. The fraction of sp³-hybridized carbons (Fsp3) is 0.250. The van der Waals surface area contributed by atoms with Gasteiger partial charge in [-0.2, -0.15) is 0 Å². The lowest BCUT2D eigenvalue weighted by Crippen LogP contribution is -2.08. The number of pyridine rings is 1. The molecule has 88 valence electrons. The fourth-order valence-corrected chi connectivity index (χ4v) is 1.63. The van der Waals surface area contributed by atoms with Gasteiger partial charge in [0.1, 0.15) is 11.3 Å². The quantitative estimate of drug-likeness (QED) is 0.596. The van der Waals surface area contributed by atoms with Gasteiger partial charge in [-0.1, -0.05) is 6.07 Å². The van der Waals surface area contributed by atoms with Crippen LogP contribution in [0.15, 0.2) is 18.3 Å². The maximum absolute atomic E-state index is 11.6. The molecule has 2 rings (SSSR count). The molecular formula is C12H12N2O3. The Bertz CT molecular complexity index is 587. The van der Waals surface area contributed by atoms with Crippen molar-refractivity contribution in [3.8, 4) is 0 Å². The first-order chi connectivity index (χ1) is 8.17. The fourth-order valence-electron chi connectivity index (χ4n) is 1.63. The lowest BCUT2D eigenvalue weighted by Gasteiger charge is -1.99. The number of hydrogen-bond acceptors (Lipinski definition) is 4. The second-order valence-corrected chi connectivity index (χ2v) is 3.62. The van der Waals surface area contributed by atoms with Gasteiger partial charge < -0.3 is 4.74 Å². The average molecular weight is 232 g/mol. The third-order valence-electron chi connectivity index (χ3n) is 2.38. The lowest BCUT2D eigenvalue weighted by molar-refractivity contribution is 0.0518. The second-order valence-electron chi connectivity index (χ2n) is 3.62. The van der Waals surface area contributed by atoms with Gasteiger partial charge >= 0.3 is 5.97 Å². The van der Waals surface area contributed by atoms with Crippen LogP contribution in [0.3, 0.4) is 0 Å². The third kappa shape index (κ3) is 1.91. The van der Waals surface area contributed by atoms with Crippen molar-refractivity contribution in [2.75, 3.05) is 6.61 Å². The Balaban J connectivity index is 2.64. The summed E-state index contributed by atoms with van der Waals surface area (Å²) in [6, 6.07) is 3.62. The Hall–Kier alpha value is -2.17. The van der Waals surface area contributed by atoms with E-state index in [9.17, 15) is 9.59 Å². The number of aromatic nitrogens is 2. The summed E-state index contributed by atoms with van der Waals surface area (Å²) < 4.78 is 6.45. The van der Waals surface area contributed by atoms with E-state index in [1.807, 2.05) is 13.0 Å². The highest BCUT2D eigenvalue weighted by Crippen LogP contribution is 2.13. The van der Waals surface area contributed by atoms with Crippen molar-refractivity contribution in [2.24, 2.45) is 0 Å². The van der Waals surface area contributed by atoms with Crippen LogP contribution in [0.25, 0.3) is 5.65 Å². The number of ether oxygens (including phenoxy) is 1. The topological polar surface area (TPSA) is 60.7 Å². The average Bonchev–Trinajstić information content (AvgIpc) is 2.67. The van der Waals surface area contributed by atoms with Crippen LogP contribution in [-0.4, -0.2) is 28.2 Å². The van der Waals surface area contributed by atoms with Gasteiger partial charge in [-0.3, -0.25) is 9.20 Å². The Morgan fingerprint density at radius 3 is 2.94 bits per heavy atom. The number of fused-ring (bicyclic) bond motifs is 1. The van der Waals surface area contributed by atoms with E-state index in [1.165, 1.54) is 0 Å². The molecule has 0 saturated carbocycles. The third-order valence-corrected chi connectivity index (χ3v) is 2.38. The van der Waals surface area contributed by atoms with Gasteiger partial charge in [0.15, 0.2) is 12.0 Å². The number of aldehydes is 1. The summed E-state index contributed by atoms with van der Waals surface area (Å²) in [7, 11) is 0. The number of carbonyl (C=O) groups excluding carboxylic acids is 2. The van der Waals surface area contributed by atoms with E-state index in [1.54, 1.807) is 23.6 Å². The molecule has 0 fully saturated rings. The molecule has 5 nitrogen and oxygen atoms in total. The highest BCUT2D eigenvalue weighted by Gasteiger charge is 2.19. The predicted octanol–water partition coefficient (Wildman–Crippen LogP) is 1.63. The summed E-state index contributed by atoms with van der Waals surface area (Å²) in [5, 5.41) is 0. The van der Waals surface area contributed by atoms with Gasteiger partial charge in [-0.25, -0.2) is 9.78 Å². The molecule has 0 amide bonds. The highest BCUT2D eigenvalue weighted by atomic mass is 16.5. The monoisotopic (exact) mass is 232 g/mol. The molecule has 2 heterocycles. The Kier molecular flexibility index (Phi) is 2.91. The molecule has 2 aromatic heterocycles. The van der Waals surface area contributed by atoms with E-state index in [-0.39, 0.29) is 18.0 Å². The van der Waals surface area contributed by atoms with Crippen molar-refractivity contribution in [1.29, 1.82) is 0 Å². The van der Waals surface area contributed by atoms with Crippen molar-refractivity contribution in [3.63, 3.8) is 0 Å². The van der Waals surface area contributed by atoms with Crippen LogP contribution < -0.4 is 0 Å².